The maximum atomic E-state index is 10.9. The van der Waals surface area contributed by atoms with Crippen LogP contribution in [0.3, 0.4) is 0 Å². The second kappa shape index (κ2) is 5.28. The Morgan fingerprint density at radius 1 is 1.37 bits per heavy atom. The van der Waals surface area contributed by atoms with Gasteiger partial charge in [-0.2, -0.15) is 4.98 Å². The average Bonchev–Trinajstić information content (AvgIpc) is 3.09. The van der Waals surface area contributed by atoms with Gasteiger partial charge in [-0.1, -0.05) is 5.16 Å². The molecule has 1 aromatic rings. The van der Waals surface area contributed by atoms with Crippen LogP contribution in [0.25, 0.3) is 0 Å². The predicted molar refractivity (Wildman–Crippen MR) is 64.7 cm³/mol. The smallest absolute Gasteiger partial charge is 0.306 e. The van der Waals surface area contributed by atoms with Gasteiger partial charge in [0.1, 0.15) is 0 Å². The Morgan fingerprint density at radius 3 is 2.95 bits per heavy atom. The van der Waals surface area contributed by atoms with Crippen LogP contribution < -0.4 is 0 Å². The van der Waals surface area contributed by atoms with Gasteiger partial charge >= 0.3 is 5.97 Å². The molecule has 0 aromatic carbocycles. The van der Waals surface area contributed by atoms with Gasteiger partial charge in [-0.15, -0.1) is 0 Å². The van der Waals surface area contributed by atoms with Crippen LogP contribution in [0.4, 0.5) is 0 Å². The first kappa shape index (κ1) is 12.6. The topological polar surface area (TPSA) is 85.5 Å². The highest BCUT2D eigenvalue weighted by Crippen LogP contribution is 2.37. The Labute approximate surface area is 111 Å². The van der Waals surface area contributed by atoms with Gasteiger partial charge in [0.05, 0.1) is 12.0 Å². The highest BCUT2D eigenvalue weighted by molar-refractivity contribution is 5.70. The molecule has 1 N–H and O–H groups in total. The maximum absolute atomic E-state index is 10.9. The van der Waals surface area contributed by atoms with Gasteiger partial charge in [-0.05, 0) is 32.1 Å². The molecule has 3 unspecified atom stereocenters. The van der Waals surface area contributed by atoms with Crippen molar-refractivity contribution in [2.24, 2.45) is 5.92 Å². The molecule has 1 saturated carbocycles. The summed E-state index contributed by atoms with van der Waals surface area (Å²) in [5, 5.41) is 13.0. The molecular formula is C13H18N2O4. The van der Waals surface area contributed by atoms with Crippen molar-refractivity contribution < 1.29 is 19.2 Å². The van der Waals surface area contributed by atoms with E-state index in [1.165, 1.54) is 0 Å². The number of aliphatic carboxylic acids is 1. The van der Waals surface area contributed by atoms with Crippen LogP contribution in [-0.4, -0.2) is 33.9 Å². The van der Waals surface area contributed by atoms with Crippen molar-refractivity contribution >= 4 is 5.97 Å². The lowest BCUT2D eigenvalue weighted by Crippen LogP contribution is -2.10. The van der Waals surface area contributed by atoms with Gasteiger partial charge in [0.2, 0.25) is 5.89 Å². The van der Waals surface area contributed by atoms with Crippen LogP contribution in [0.1, 0.15) is 49.7 Å². The molecule has 2 heterocycles. The predicted octanol–water partition coefficient (Wildman–Crippen LogP) is 1.76. The first-order valence-corrected chi connectivity index (χ1v) is 6.89. The van der Waals surface area contributed by atoms with Crippen molar-refractivity contribution in [3.8, 4) is 0 Å². The summed E-state index contributed by atoms with van der Waals surface area (Å²) in [5.74, 6) is 0.393. The van der Waals surface area contributed by atoms with E-state index in [0.717, 1.165) is 25.9 Å². The van der Waals surface area contributed by atoms with Crippen molar-refractivity contribution in [3.63, 3.8) is 0 Å². The first-order chi connectivity index (χ1) is 9.22. The van der Waals surface area contributed by atoms with Gasteiger partial charge in [0.25, 0.3) is 0 Å². The third kappa shape index (κ3) is 2.78. The van der Waals surface area contributed by atoms with E-state index in [1.807, 2.05) is 0 Å². The minimum atomic E-state index is -0.721. The number of aromatic nitrogens is 2. The minimum absolute atomic E-state index is 0.104. The number of rotatable bonds is 4. The molecule has 6 nitrogen and oxygen atoms in total. The molecular weight excluding hydrogens is 248 g/mol. The van der Waals surface area contributed by atoms with E-state index in [0.29, 0.717) is 31.0 Å². The maximum Gasteiger partial charge on any atom is 0.306 e. The summed E-state index contributed by atoms with van der Waals surface area (Å²) in [6.45, 7) is 0.818. The molecule has 1 aliphatic carbocycles. The number of carboxylic acid groups (broad SMARTS) is 1. The second-order valence-electron chi connectivity index (χ2n) is 5.43. The van der Waals surface area contributed by atoms with E-state index < -0.39 is 5.97 Å². The molecule has 0 spiro atoms. The average molecular weight is 266 g/mol. The first-order valence-electron chi connectivity index (χ1n) is 6.89. The van der Waals surface area contributed by atoms with Crippen LogP contribution in [0.2, 0.25) is 0 Å². The lowest BCUT2D eigenvalue weighted by atomic mass is 10.1. The van der Waals surface area contributed by atoms with E-state index in [2.05, 4.69) is 10.1 Å². The van der Waals surface area contributed by atoms with E-state index in [4.69, 9.17) is 14.4 Å². The Kier molecular flexibility index (Phi) is 3.50. The summed E-state index contributed by atoms with van der Waals surface area (Å²) in [5.41, 5.74) is 0. The van der Waals surface area contributed by atoms with E-state index in [1.54, 1.807) is 0 Å². The fraction of sp³-hybridized carbons (Fsp3) is 0.769. The number of carbonyl (C=O) groups is 1. The summed E-state index contributed by atoms with van der Waals surface area (Å²) >= 11 is 0. The van der Waals surface area contributed by atoms with E-state index >= 15 is 0 Å². The molecule has 0 radical (unpaired) electrons. The molecule has 3 atom stereocenters. The number of nitrogens with zero attached hydrogens (tertiary/aromatic N) is 2. The largest absolute Gasteiger partial charge is 0.481 e. The Hall–Kier alpha value is -1.43. The molecule has 6 heteroatoms. The van der Waals surface area contributed by atoms with Crippen molar-refractivity contribution in [1.29, 1.82) is 0 Å². The minimum Gasteiger partial charge on any atom is -0.481 e. The molecule has 2 fully saturated rings. The lowest BCUT2D eigenvalue weighted by molar-refractivity contribution is -0.141. The van der Waals surface area contributed by atoms with Crippen molar-refractivity contribution in [2.75, 3.05) is 6.61 Å². The van der Waals surface area contributed by atoms with Crippen LogP contribution >= 0.6 is 0 Å². The van der Waals surface area contributed by atoms with Crippen LogP contribution in [-0.2, 0) is 16.0 Å². The van der Waals surface area contributed by atoms with Crippen LogP contribution in [0.15, 0.2) is 4.52 Å². The highest BCUT2D eigenvalue weighted by Gasteiger charge is 2.34. The molecule has 0 bridgehead atoms. The fourth-order valence-electron chi connectivity index (χ4n) is 2.96. The number of hydrogen-bond donors (Lipinski definition) is 1. The van der Waals surface area contributed by atoms with E-state index in [9.17, 15) is 4.79 Å². The quantitative estimate of drug-likeness (QED) is 0.893. The highest BCUT2D eigenvalue weighted by atomic mass is 16.5. The summed E-state index contributed by atoms with van der Waals surface area (Å²) in [7, 11) is 0. The second-order valence-corrected chi connectivity index (χ2v) is 5.43. The monoisotopic (exact) mass is 266 g/mol. The van der Waals surface area contributed by atoms with Crippen molar-refractivity contribution in [1.82, 2.24) is 10.1 Å². The van der Waals surface area contributed by atoms with Gasteiger partial charge in [-0.3, -0.25) is 4.79 Å². The molecule has 1 aromatic heterocycles. The van der Waals surface area contributed by atoms with Gasteiger partial charge in [-0.25, -0.2) is 0 Å². The van der Waals surface area contributed by atoms with E-state index in [-0.39, 0.29) is 17.9 Å². The lowest BCUT2D eigenvalue weighted by Gasteiger charge is -2.04. The molecule has 19 heavy (non-hydrogen) atoms. The van der Waals surface area contributed by atoms with Gasteiger partial charge < -0.3 is 14.4 Å². The number of hydrogen-bond acceptors (Lipinski definition) is 5. The molecule has 104 valence electrons. The Balaban J connectivity index is 1.60. The fourth-order valence-corrected chi connectivity index (χ4v) is 2.96. The van der Waals surface area contributed by atoms with Crippen LogP contribution in [0, 0.1) is 5.92 Å². The van der Waals surface area contributed by atoms with Gasteiger partial charge in [0, 0.05) is 18.9 Å². The zero-order valence-corrected chi connectivity index (χ0v) is 10.7. The summed E-state index contributed by atoms with van der Waals surface area (Å²) in [4.78, 5) is 15.3. The molecule has 2 aliphatic rings. The molecule has 3 rings (SSSR count). The van der Waals surface area contributed by atoms with Crippen molar-refractivity contribution in [3.05, 3.63) is 11.7 Å². The zero-order valence-electron chi connectivity index (χ0n) is 10.7. The summed E-state index contributed by atoms with van der Waals surface area (Å²) in [6.07, 6.45) is 5.17. The Morgan fingerprint density at radius 2 is 2.26 bits per heavy atom. The van der Waals surface area contributed by atoms with Crippen molar-refractivity contribution in [2.45, 2.75) is 50.5 Å². The third-order valence-corrected chi connectivity index (χ3v) is 4.05. The molecule has 0 amide bonds. The molecule has 1 saturated heterocycles. The normalized spacial score (nSPS) is 30.8. The number of carboxylic acids is 1. The summed E-state index contributed by atoms with van der Waals surface area (Å²) in [6, 6.07) is 0. The number of ether oxygens (including phenoxy) is 1. The zero-order chi connectivity index (χ0) is 13.2. The SMILES string of the molecule is O=C(O)C1CCC(c2nc(CC3CCCO3)no2)C1. The standard InChI is InChI=1S/C13H18N2O4/c16-13(17)9-4-3-8(6-9)12-14-11(15-19-12)7-10-2-1-5-18-10/h8-10H,1-7H2,(H,16,17). The Bertz CT molecular complexity index is 453. The molecule has 1 aliphatic heterocycles. The van der Waals surface area contributed by atoms with Crippen LogP contribution in [0.5, 0.6) is 0 Å². The third-order valence-electron chi connectivity index (χ3n) is 4.05. The summed E-state index contributed by atoms with van der Waals surface area (Å²) < 4.78 is 10.8. The van der Waals surface area contributed by atoms with Gasteiger partial charge in [0.15, 0.2) is 5.82 Å².